The van der Waals surface area contributed by atoms with E-state index in [0.717, 1.165) is 11.4 Å². The number of hydrogen-bond acceptors (Lipinski definition) is 3. The quantitative estimate of drug-likeness (QED) is 0.836. The Morgan fingerprint density at radius 3 is 2.63 bits per heavy atom. The van der Waals surface area contributed by atoms with Crippen molar-refractivity contribution in [2.45, 2.75) is 31.8 Å². The van der Waals surface area contributed by atoms with Gasteiger partial charge in [0.15, 0.2) is 0 Å². The molecule has 0 heterocycles. The molecule has 19 heavy (non-hydrogen) atoms. The van der Waals surface area contributed by atoms with Gasteiger partial charge in [-0.05, 0) is 38.1 Å². The summed E-state index contributed by atoms with van der Waals surface area (Å²) in [5, 5.41) is 0.763. The zero-order valence-electron chi connectivity index (χ0n) is 12.3. The third-order valence-corrected chi connectivity index (χ3v) is 4.35. The highest BCUT2D eigenvalue weighted by Crippen LogP contribution is 2.29. The van der Waals surface area contributed by atoms with Crippen LogP contribution in [0.25, 0.3) is 0 Å². The molecule has 2 unspecified atom stereocenters. The van der Waals surface area contributed by atoms with E-state index in [0.29, 0.717) is 13.2 Å². The van der Waals surface area contributed by atoms with Crippen LogP contribution >= 0.6 is 11.6 Å². The number of rotatable bonds is 7. The average molecular weight is 285 g/mol. The number of hydrogen-bond donors (Lipinski definition) is 1. The second-order valence-electron chi connectivity index (χ2n) is 5.06. The molecule has 0 saturated carbocycles. The van der Waals surface area contributed by atoms with Crippen LogP contribution in [-0.2, 0) is 4.74 Å². The third-order valence-electron chi connectivity index (χ3n) is 4.11. The summed E-state index contributed by atoms with van der Waals surface area (Å²) in [7, 11) is 3.82. The Morgan fingerprint density at radius 2 is 2.16 bits per heavy atom. The van der Waals surface area contributed by atoms with Crippen molar-refractivity contribution >= 4 is 11.6 Å². The maximum absolute atomic E-state index is 6.07. The summed E-state index contributed by atoms with van der Waals surface area (Å²) in [6.07, 6.45) is 0.943. The lowest BCUT2D eigenvalue weighted by molar-refractivity contribution is 0.00621. The van der Waals surface area contributed by atoms with Crippen LogP contribution in [-0.4, -0.2) is 37.7 Å². The van der Waals surface area contributed by atoms with Crippen LogP contribution < -0.4 is 5.73 Å². The Balaban J connectivity index is 2.99. The highest BCUT2D eigenvalue weighted by atomic mass is 35.5. The van der Waals surface area contributed by atoms with E-state index in [1.54, 1.807) is 7.11 Å². The van der Waals surface area contributed by atoms with Gasteiger partial charge in [-0.15, -0.1) is 0 Å². The molecule has 4 heteroatoms. The van der Waals surface area contributed by atoms with Gasteiger partial charge in [0, 0.05) is 24.7 Å². The van der Waals surface area contributed by atoms with Crippen molar-refractivity contribution in [1.82, 2.24) is 4.90 Å². The Morgan fingerprint density at radius 1 is 1.47 bits per heavy atom. The molecule has 0 aliphatic carbocycles. The van der Waals surface area contributed by atoms with Gasteiger partial charge in [-0.1, -0.05) is 30.7 Å². The zero-order chi connectivity index (χ0) is 14.5. The van der Waals surface area contributed by atoms with Gasteiger partial charge in [0.1, 0.15) is 0 Å². The predicted molar refractivity (Wildman–Crippen MR) is 81.6 cm³/mol. The molecule has 0 spiro atoms. The Hall–Kier alpha value is -0.610. The lowest BCUT2D eigenvalue weighted by atomic mass is 9.92. The molecule has 1 aromatic rings. The van der Waals surface area contributed by atoms with Crippen molar-refractivity contribution in [2.24, 2.45) is 5.73 Å². The molecule has 1 aromatic carbocycles. The Bertz CT molecular complexity index is 393. The largest absolute Gasteiger partial charge is 0.383 e. The first-order valence-electron chi connectivity index (χ1n) is 6.68. The lowest BCUT2D eigenvalue weighted by Gasteiger charge is -2.43. The van der Waals surface area contributed by atoms with E-state index in [2.05, 4.69) is 31.9 Å². The van der Waals surface area contributed by atoms with Gasteiger partial charge >= 0.3 is 0 Å². The van der Waals surface area contributed by atoms with Gasteiger partial charge in [-0.3, -0.25) is 4.90 Å². The normalized spacial score (nSPS) is 16.4. The van der Waals surface area contributed by atoms with Crippen molar-refractivity contribution in [1.29, 1.82) is 0 Å². The SMILES string of the molecule is CCC(CN)(COC)N(C)C(C)c1cccc(Cl)c1. The molecule has 3 nitrogen and oxygen atoms in total. The van der Waals surface area contributed by atoms with E-state index in [4.69, 9.17) is 22.1 Å². The van der Waals surface area contributed by atoms with Gasteiger partial charge < -0.3 is 10.5 Å². The van der Waals surface area contributed by atoms with E-state index in [9.17, 15) is 0 Å². The van der Waals surface area contributed by atoms with Crippen LogP contribution in [0.5, 0.6) is 0 Å². The van der Waals surface area contributed by atoms with Gasteiger partial charge in [0.2, 0.25) is 0 Å². The fourth-order valence-corrected chi connectivity index (χ4v) is 2.67. The lowest BCUT2D eigenvalue weighted by Crippen LogP contribution is -2.55. The molecule has 0 aromatic heterocycles. The minimum absolute atomic E-state index is 0.142. The summed E-state index contributed by atoms with van der Waals surface area (Å²) in [5.41, 5.74) is 7.05. The van der Waals surface area contributed by atoms with E-state index in [-0.39, 0.29) is 11.6 Å². The summed E-state index contributed by atoms with van der Waals surface area (Å²) in [5.74, 6) is 0. The number of nitrogens with zero attached hydrogens (tertiary/aromatic N) is 1. The third kappa shape index (κ3) is 3.69. The van der Waals surface area contributed by atoms with Crippen molar-refractivity contribution in [3.8, 4) is 0 Å². The van der Waals surface area contributed by atoms with Crippen molar-refractivity contribution in [2.75, 3.05) is 27.3 Å². The summed E-state index contributed by atoms with van der Waals surface area (Å²) >= 11 is 6.07. The Kier molecular flexibility index (Phi) is 6.27. The van der Waals surface area contributed by atoms with Crippen molar-refractivity contribution in [3.63, 3.8) is 0 Å². The second-order valence-corrected chi connectivity index (χ2v) is 5.49. The number of nitrogens with two attached hydrogens (primary N) is 1. The van der Waals surface area contributed by atoms with Crippen LogP contribution in [0.2, 0.25) is 5.02 Å². The van der Waals surface area contributed by atoms with Crippen LogP contribution in [0.4, 0.5) is 0 Å². The molecule has 0 aliphatic rings. The molecule has 0 bridgehead atoms. The average Bonchev–Trinajstić information content (AvgIpc) is 2.43. The highest BCUT2D eigenvalue weighted by molar-refractivity contribution is 6.30. The molecule has 0 fully saturated rings. The molecule has 0 amide bonds. The second kappa shape index (κ2) is 7.25. The number of likely N-dealkylation sites (N-methyl/N-ethyl adjacent to an activating group) is 1. The molecule has 0 radical (unpaired) electrons. The van der Waals surface area contributed by atoms with E-state index >= 15 is 0 Å². The van der Waals surface area contributed by atoms with Crippen molar-refractivity contribution < 1.29 is 4.74 Å². The summed E-state index contributed by atoms with van der Waals surface area (Å²) < 4.78 is 5.37. The number of methoxy groups -OCH3 is 1. The molecular formula is C15H25ClN2O. The molecule has 108 valence electrons. The first kappa shape index (κ1) is 16.4. The summed E-state index contributed by atoms with van der Waals surface area (Å²) in [4.78, 5) is 2.29. The molecular weight excluding hydrogens is 260 g/mol. The number of benzene rings is 1. The summed E-state index contributed by atoms with van der Waals surface area (Å²) in [6.45, 7) is 5.51. The van der Waals surface area contributed by atoms with E-state index < -0.39 is 0 Å². The molecule has 0 aliphatic heterocycles. The van der Waals surface area contributed by atoms with Crippen molar-refractivity contribution in [3.05, 3.63) is 34.9 Å². The van der Waals surface area contributed by atoms with Crippen LogP contribution in [0.3, 0.4) is 0 Å². The van der Waals surface area contributed by atoms with E-state index in [1.807, 2.05) is 18.2 Å². The van der Waals surface area contributed by atoms with E-state index in [1.165, 1.54) is 5.56 Å². The van der Waals surface area contributed by atoms with Crippen LogP contribution in [0, 0.1) is 0 Å². The fourth-order valence-electron chi connectivity index (χ4n) is 2.47. The topological polar surface area (TPSA) is 38.5 Å². The highest BCUT2D eigenvalue weighted by Gasteiger charge is 2.34. The first-order chi connectivity index (χ1) is 9.00. The van der Waals surface area contributed by atoms with Crippen LogP contribution in [0.15, 0.2) is 24.3 Å². The molecule has 1 rings (SSSR count). The number of halogens is 1. The number of ether oxygens (including phenoxy) is 1. The van der Waals surface area contributed by atoms with Gasteiger partial charge in [-0.25, -0.2) is 0 Å². The van der Waals surface area contributed by atoms with Gasteiger partial charge in [0.05, 0.1) is 12.1 Å². The van der Waals surface area contributed by atoms with Crippen LogP contribution in [0.1, 0.15) is 31.9 Å². The minimum atomic E-state index is -0.142. The maximum Gasteiger partial charge on any atom is 0.0659 e. The minimum Gasteiger partial charge on any atom is -0.383 e. The first-order valence-corrected chi connectivity index (χ1v) is 7.06. The molecule has 0 saturated heterocycles. The summed E-state index contributed by atoms with van der Waals surface area (Å²) in [6, 6.07) is 8.21. The predicted octanol–water partition coefficient (Wildman–Crippen LogP) is 3.09. The smallest absolute Gasteiger partial charge is 0.0659 e. The van der Waals surface area contributed by atoms with Gasteiger partial charge in [0.25, 0.3) is 0 Å². The Labute approximate surface area is 121 Å². The standard InChI is InChI=1S/C15H25ClN2O/c1-5-15(10-17,11-19-4)18(3)12(2)13-7-6-8-14(16)9-13/h6-9,12H,5,10-11,17H2,1-4H3. The monoisotopic (exact) mass is 284 g/mol. The molecule has 2 N–H and O–H groups in total. The molecule has 2 atom stereocenters. The zero-order valence-corrected chi connectivity index (χ0v) is 13.1. The van der Waals surface area contributed by atoms with Gasteiger partial charge in [-0.2, -0.15) is 0 Å². The maximum atomic E-state index is 6.07. The fraction of sp³-hybridized carbons (Fsp3) is 0.600.